The van der Waals surface area contributed by atoms with Gasteiger partial charge < -0.3 is 0 Å². The fourth-order valence-electron chi connectivity index (χ4n) is 1.99. The maximum Gasteiger partial charge on any atom is 0.258 e. The Morgan fingerprint density at radius 3 is 2.29 bits per heavy atom. The second-order valence-corrected chi connectivity index (χ2v) is 6.86. The molecule has 1 amide bonds. The number of rotatable bonds is 6. The van der Waals surface area contributed by atoms with Crippen LogP contribution in [0.3, 0.4) is 0 Å². The summed E-state index contributed by atoms with van der Waals surface area (Å²) in [6.07, 6.45) is 1.45. The summed E-state index contributed by atoms with van der Waals surface area (Å²) in [6, 6.07) is 7.39. The molecule has 0 spiro atoms. The topological polar surface area (TPSA) is 101 Å². The summed E-state index contributed by atoms with van der Waals surface area (Å²) >= 11 is 0. The number of benzene rings is 1. The minimum Gasteiger partial charge on any atom is -0.290 e. The molecule has 0 aliphatic rings. The lowest BCUT2D eigenvalue weighted by Crippen LogP contribution is -2.23. The number of aryl methyl sites for hydroxylation is 2. The largest absolute Gasteiger partial charge is 0.290 e. The van der Waals surface area contributed by atoms with Crippen LogP contribution in [0, 0.1) is 13.8 Å². The summed E-state index contributed by atoms with van der Waals surface area (Å²) in [5.74, 6) is -0.204. The van der Waals surface area contributed by atoms with Crippen molar-refractivity contribution in [3.63, 3.8) is 0 Å². The Balaban J connectivity index is 2.15. The van der Waals surface area contributed by atoms with Crippen molar-refractivity contribution in [1.82, 2.24) is 14.7 Å². The van der Waals surface area contributed by atoms with Crippen LogP contribution < -0.4 is 10.0 Å². The number of hydrogen-bond donors (Lipinski definition) is 2. The van der Waals surface area contributed by atoms with Gasteiger partial charge in [-0.3, -0.25) is 10.1 Å². The fourth-order valence-corrected chi connectivity index (χ4v) is 2.99. The van der Waals surface area contributed by atoms with E-state index in [1.807, 2.05) is 0 Å². The van der Waals surface area contributed by atoms with Gasteiger partial charge in [0.25, 0.3) is 5.91 Å². The number of nitrogens with zero attached hydrogens (tertiary/aromatic N) is 2. The average Bonchev–Trinajstić information content (AvgIpc) is 2.52. The van der Waals surface area contributed by atoms with Gasteiger partial charge >= 0.3 is 0 Å². The van der Waals surface area contributed by atoms with E-state index >= 15 is 0 Å². The van der Waals surface area contributed by atoms with Gasteiger partial charge in [0.05, 0.1) is 4.90 Å². The van der Waals surface area contributed by atoms with E-state index in [1.165, 1.54) is 30.3 Å². The summed E-state index contributed by atoms with van der Waals surface area (Å²) in [5, 5.41) is 2.59. The molecule has 0 atom stereocenters. The van der Waals surface area contributed by atoms with Gasteiger partial charge in [-0.1, -0.05) is 6.08 Å². The van der Waals surface area contributed by atoms with Gasteiger partial charge in [0.2, 0.25) is 16.0 Å². The van der Waals surface area contributed by atoms with E-state index in [0.717, 1.165) is 11.4 Å². The van der Waals surface area contributed by atoms with Gasteiger partial charge in [0.1, 0.15) is 0 Å². The van der Waals surface area contributed by atoms with E-state index in [9.17, 15) is 13.2 Å². The van der Waals surface area contributed by atoms with E-state index in [4.69, 9.17) is 0 Å². The van der Waals surface area contributed by atoms with Crippen molar-refractivity contribution in [3.05, 3.63) is 59.9 Å². The van der Waals surface area contributed by atoms with Gasteiger partial charge in [-0.15, -0.1) is 6.58 Å². The van der Waals surface area contributed by atoms with Crippen LogP contribution >= 0.6 is 0 Å². The highest BCUT2D eigenvalue weighted by atomic mass is 32.2. The lowest BCUT2D eigenvalue weighted by Gasteiger charge is -2.07. The highest BCUT2D eigenvalue weighted by Crippen LogP contribution is 2.12. The molecule has 0 aliphatic carbocycles. The fraction of sp³-hybridized carbons (Fsp3) is 0.188. The van der Waals surface area contributed by atoms with Crippen LogP contribution in [-0.4, -0.2) is 30.8 Å². The molecule has 1 heterocycles. The molecular formula is C16H18N4O3S. The first-order valence-electron chi connectivity index (χ1n) is 7.16. The molecule has 0 radical (unpaired) electrons. The van der Waals surface area contributed by atoms with Crippen LogP contribution in [0.15, 0.2) is 47.9 Å². The Morgan fingerprint density at radius 2 is 1.75 bits per heavy atom. The minimum absolute atomic E-state index is 0.0727. The Hall–Kier alpha value is -2.58. The normalized spacial score (nSPS) is 11.1. The maximum atomic E-state index is 12.2. The lowest BCUT2D eigenvalue weighted by atomic mass is 10.2. The number of amides is 1. The number of aromatic nitrogens is 2. The molecule has 0 aliphatic heterocycles. The van der Waals surface area contributed by atoms with E-state index in [-0.39, 0.29) is 17.4 Å². The lowest BCUT2D eigenvalue weighted by molar-refractivity contribution is 0.102. The van der Waals surface area contributed by atoms with Gasteiger partial charge in [-0.05, 0) is 44.2 Å². The number of carbonyl (C=O) groups excluding carboxylic acids is 1. The Morgan fingerprint density at radius 1 is 1.17 bits per heavy atom. The Bertz CT molecular complexity index is 841. The highest BCUT2D eigenvalue weighted by molar-refractivity contribution is 7.89. The zero-order valence-corrected chi connectivity index (χ0v) is 14.2. The summed E-state index contributed by atoms with van der Waals surface area (Å²) in [5.41, 5.74) is 1.79. The molecule has 1 aromatic carbocycles. The minimum atomic E-state index is -3.61. The predicted molar refractivity (Wildman–Crippen MR) is 91.3 cm³/mol. The van der Waals surface area contributed by atoms with E-state index in [1.54, 1.807) is 19.9 Å². The Labute approximate surface area is 140 Å². The quantitative estimate of drug-likeness (QED) is 0.777. The van der Waals surface area contributed by atoms with Crippen LogP contribution in [0.2, 0.25) is 0 Å². The third-order valence-corrected chi connectivity index (χ3v) is 4.49. The molecule has 0 saturated carbocycles. The number of hydrogen-bond acceptors (Lipinski definition) is 5. The van der Waals surface area contributed by atoms with Gasteiger partial charge in [-0.25, -0.2) is 23.1 Å². The van der Waals surface area contributed by atoms with E-state index in [2.05, 4.69) is 26.6 Å². The molecule has 0 fully saturated rings. The van der Waals surface area contributed by atoms with Crippen molar-refractivity contribution < 1.29 is 13.2 Å². The van der Waals surface area contributed by atoms with Crippen LogP contribution in [0.4, 0.5) is 5.95 Å². The maximum absolute atomic E-state index is 12.2. The van der Waals surface area contributed by atoms with Gasteiger partial charge in [-0.2, -0.15) is 0 Å². The summed E-state index contributed by atoms with van der Waals surface area (Å²) in [7, 11) is -3.61. The van der Waals surface area contributed by atoms with E-state index in [0.29, 0.717) is 5.56 Å². The molecular weight excluding hydrogens is 328 g/mol. The van der Waals surface area contributed by atoms with Crippen LogP contribution in [-0.2, 0) is 10.0 Å². The SMILES string of the molecule is C=CCNS(=O)(=O)c1ccc(C(=O)Nc2nc(C)cc(C)n2)cc1. The molecule has 2 aromatic rings. The third kappa shape index (κ3) is 4.46. The number of sulfonamides is 1. The monoisotopic (exact) mass is 346 g/mol. The third-order valence-electron chi connectivity index (χ3n) is 3.05. The van der Waals surface area contributed by atoms with E-state index < -0.39 is 15.9 Å². The molecule has 0 saturated heterocycles. The standard InChI is InChI=1S/C16H18N4O3S/c1-4-9-17-24(22,23)14-7-5-13(6-8-14)15(21)20-16-18-11(2)10-12(3)19-16/h4-8,10,17H,1,9H2,2-3H3,(H,18,19,20,21). The molecule has 0 bridgehead atoms. The number of carbonyl (C=O) groups is 1. The molecule has 0 unspecified atom stereocenters. The van der Waals surface area contributed by atoms with Crippen LogP contribution in [0.1, 0.15) is 21.7 Å². The van der Waals surface area contributed by atoms with Gasteiger partial charge in [0, 0.05) is 23.5 Å². The van der Waals surface area contributed by atoms with Crippen molar-refractivity contribution in [3.8, 4) is 0 Å². The number of nitrogens with one attached hydrogen (secondary N) is 2. The first kappa shape index (κ1) is 17.8. The highest BCUT2D eigenvalue weighted by Gasteiger charge is 2.14. The molecule has 24 heavy (non-hydrogen) atoms. The van der Waals surface area contributed by atoms with Crippen molar-refractivity contribution in [2.45, 2.75) is 18.7 Å². The average molecular weight is 346 g/mol. The first-order valence-corrected chi connectivity index (χ1v) is 8.64. The molecule has 8 heteroatoms. The molecule has 1 aromatic heterocycles. The molecule has 7 nitrogen and oxygen atoms in total. The van der Waals surface area contributed by atoms with Gasteiger partial charge in [0.15, 0.2) is 0 Å². The zero-order chi connectivity index (χ0) is 17.7. The Kier molecular flexibility index (Phi) is 5.42. The second-order valence-electron chi connectivity index (χ2n) is 5.09. The van der Waals surface area contributed by atoms with Crippen molar-refractivity contribution in [1.29, 1.82) is 0 Å². The zero-order valence-electron chi connectivity index (χ0n) is 13.4. The van der Waals surface area contributed by atoms with Crippen molar-refractivity contribution in [2.24, 2.45) is 0 Å². The smallest absolute Gasteiger partial charge is 0.258 e. The summed E-state index contributed by atoms with van der Waals surface area (Å²) < 4.78 is 26.3. The molecule has 2 N–H and O–H groups in total. The second kappa shape index (κ2) is 7.33. The number of anilines is 1. The van der Waals surface area contributed by atoms with Crippen LogP contribution in [0.25, 0.3) is 0 Å². The van der Waals surface area contributed by atoms with Crippen LogP contribution in [0.5, 0.6) is 0 Å². The predicted octanol–water partition coefficient (Wildman–Crippen LogP) is 1.81. The van der Waals surface area contributed by atoms with Crippen molar-refractivity contribution >= 4 is 21.9 Å². The first-order chi connectivity index (χ1) is 11.3. The molecule has 126 valence electrons. The molecule has 2 rings (SSSR count). The summed E-state index contributed by atoms with van der Waals surface area (Å²) in [6.45, 7) is 7.20. The van der Waals surface area contributed by atoms with Crippen molar-refractivity contribution in [2.75, 3.05) is 11.9 Å². The summed E-state index contributed by atoms with van der Waals surface area (Å²) in [4.78, 5) is 20.5.